The normalized spacial score (nSPS) is 12.9. The molecule has 1 aromatic rings. The lowest BCUT2D eigenvalue weighted by molar-refractivity contribution is 0.385. The van der Waals surface area contributed by atoms with Crippen molar-refractivity contribution in [3.63, 3.8) is 0 Å². The van der Waals surface area contributed by atoms with E-state index in [1.807, 2.05) is 0 Å². The highest BCUT2D eigenvalue weighted by atomic mass is 32.2. The number of anilines is 1. The number of hydrogen-bond donors (Lipinski definition) is 1. The van der Waals surface area contributed by atoms with Crippen molar-refractivity contribution in [2.45, 2.75) is 30.9 Å². The van der Waals surface area contributed by atoms with Crippen molar-refractivity contribution in [2.75, 3.05) is 12.8 Å². The van der Waals surface area contributed by atoms with Gasteiger partial charge >= 0.3 is 0 Å². The standard InChI is InChI=1S/C12H18FNOS/c1-7(2)8(3)16-12-6-11(15-4)9(13)5-10(12)14/h5-8H,14H2,1-4H3. The van der Waals surface area contributed by atoms with Gasteiger partial charge in [-0.05, 0) is 12.0 Å². The second kappa shape index (κ2) is 5.43. The van der Waals surface area contributed by atoms with Crippen LogP contribution >= 0.6 is 11.8 Å². The van der Waals surface area contributed by atoms with Crippen molar-refractivity contribution in [3.05, 3.63) is 17.9 Å². The molecule has 0 radical (unpaired) electrons. The van der Waals surface area contributed by atoms with Crippen LogP contribution in [-0.2, 0) is 0 Å². The Bertz CT molecular complexity index is 368. The molecule has 2 nitrogen and oxygen atoms in total. The lowest BCUT2D eigenvalue weighted by atomic mass is 10.2. The summed E-state index contributed by atoms with van der Waals surface area (Å²) in [5.41, 5.74) is 6.25. The number of methoxy groups -OCH3 is 1. The molecule has 0 bridgehead atoms. The summed E-state index contributed by atoms with van der Waals surface area (Å²) in [5, 5.41) is 0.428. The van der Waals surface area contributed by atoms with E-state index in [9.17, 15) is 4.39 Å². The molecule has 0 aliphatic heterocycles. The van der Waals surface area contributed by atoms with E-state index < -0.39 is 5.82 Å². The SMILES string of the molecule is COc1cc(SC(C)C(C)C)c(N)cc1F. The van der Waals surface area contributed by atoms with Gasteiger partial charge in [0.1, 0.15) is 0 Å². The molecule has 16 heavy (non-hydrogen) atoms. The van der Waals surface area contributed by atoms with Crippen LogP contribution in [0.1, 0.15) is 20.8 Å². The molecule has 0 aliphatic carbocycles. The molecule has 1 atom stereocenters. The zero-order chi connectivity index (χ0) is 12.3. The molecule has 0 saturated carbocycles. The molecule has 1 rings (SSSR count). The van der Waals surface area contributed by atoms with Crippen LogP contribution in [0.15, 0.2) is 17.0 Å². The second-order valence-electron chi connectivity index (χ2n) is 4.09. The fourth-order valence-corrected chi connectivity index (χ4v) is 2.19. The van der Waals surface area contributed by atoms with Crippen LogP contribution in [0.3, 0.4) is 0 Å². The largest absolute Gasteiger partial charge is 0.494 e. The average molecular weight is 243 g/mol. The lowest BCUT2D eigenvalue weighted by Crippen LogP contribution is -2.06. The number of hydrogen-bond acceptors (Lipinski definition) is 3. The molecule has 0 fully saturated rings. The number of thioether (sulfide) groups is 1. The van der Waals surface area contributed by atoms with Crippen LogP contribution in [0.4, 0.5) is 10.1 Å². The molecule has 1 unspecified atom stereocenters. The molecule has 0 aliphatic rings. The predicted octanol–water partition coefficient (Wildman–Crippen LogP) is 3.55. The van der Waals surface area contributed by atoms with E-state index in [4.69, 9.17) is 10.5 Å². The maximum Gasteiger partial charge on any atom is 0.167 e. The van der Waals surface area contributed by atoms with Crippen LogP contribution in [-0.4, -0.2) is 12.4 Å². The monoisotopic (exact) mass is 243 g/mol. The summed E-state index contributed by atoms with van der Waals surface area (Å²) in [7, 11) is 1.45. The summed E-state index contributed by atoms with van der Waals surface area (Å²) in [6, 6.07) is 2.97. The van der Waals surface area contributed by atoms with Gasteiger partial charge in [-0.15, -0.1) is 11.8 Å². The Labute approximate surface area is 100 Å². The van der Waals surface area contributed by atoms with Gasteiger partial charge in [0.15, 0.2) is 11.6 Å². The summed E-state index contributed by atoms with van der Waals surface area (Å²) in [4.78, 5) is 0.874. The molecule has 0 amide bonds. The third kappa shape index (κ3) is 3.04. The zero-order valence-corrected chi connectivity index (χ0v) is 10.9. The minimum Gasteiger partial charge on any atom is -0.494 e. The van der Waals surface area contributed by atoms with E-state index in [1.54, 1.807) is 17.8 Å². The molecule has 0 spiro atoms. The number of halogens is 1. The van der Waals surface area contributed by atoms with Gasteiger partial charge in [-0.25, -0.2) is 4.39 Å². The van der Waals surface area contributed by atoms with Gasteiger partial charge in [-0.2, -0.15) is 0 Å². The van der Waals surface area contributed by atoms with Crippen molar-refractivity contribution >= 4 is 17.4 Å². The highest BCUT2D eigenvalue weighted by Gasteiger charge is 2.14. The third-order valence-electron chi connectivity index (χ3n) is 2.54. The van der Waals surface area contributed by atoms with Gasteiger partial charge in [0.25, 0.3) is 0 Å². The maximum absolute atomic E-state index is 13.3. The van der Waals surface area contributed by atoms with Crippen molar-refractivity contribution in [1.29, 1.82) is 0 Å². The van der Waals surface area contributed by atoms with Gasteiger partial charge in [-0.3, -0.25) is 0 Å². The van der Waals surface area contributed by atoms with Gasteiger partial charge in [-0.1, -0.05) is 20.8 Å². The van der Waals surface area contributed by atoms with Crippen molar-refractivity contribution in [2.24, 2.45) is 5.92 Å². The number of benzene rings is 1. The molecule has 0 aromatic heterocycles. The fourth-order valence-electron chi connectivity index (χ4n) is 1.14. The Hall–Kier alpha value is -0.900. The Morgan fingerprint density at radius 3 is 2.44 bits per heavy atom. The number of nitrogen functional groups attached to an aromatic ring is 1. The van der Waals surface area contributed by atoms with Crippen LogP contribution in [0, 0.1) is 11.7 Å². The number of ether oxygens (including phenoxy) is 1. The summed E-state index contributed by atoms with van der Waals surface area (Å²) in [5.74, 6) is 0.370. The van der Waals surface area contributed by atoms with Gasteiger partial charge in [0, 0.05) is 21.9 Å². The molecule has 90 valence electrons. The van der Waals surface area contributed by atoms with Crippen molar-refractivity contribution in [3.8, 4) is 5.75 Å². The molecule has 1 aromatic carbocycles. The second-order valence-corrected chi connectivity index (χ2v) is 5.51. The van der Waals surface area contributed by atoms with Crippen LogP contribution < -0.4 is 10.5 Å². The highest BCUT2D eigenvalue weighted by molar-refractivity contribution is 8.00. The van der Waals surface area contributed by atoms with Crippen LogP contribution in [0.2, 0.25) is 0 Å². The molecule has 4 heteroatoms. The smallest absolute Gasteiger partial charge is 0.167 e. The van der Waals surface area contributed by atoms with E-state index in [-0.39, 0.29) is 5.75 Å². The first-order valence-electron chi connectivity index (χ1n) is 5.25. The predicted molar refractivity (Wildman–Crippen MR) is 67.5 cm³/mol. The molecule has 0 heterocycles. The van der Waals surface area contributed by atoms with Gasteiger partial charge < -0.3 is 10.5 Å². The summed E-state index contributed by atoms with van der Waals surface area (Å²) in [6.45, 7) is 6.42. The van der Waals surface area contributed by atoms with E-state index in [0.717, 1.165) is 4.90 Å². The molecular weight excluding hydrogens is 225 g/mol. The maximum atomic E-state index is 13.3. The average Bonchev–Trinajstić information content (AvgIpc) is 2.21. The van der Waals surface area contributed by atoms with E-state index in [2.05, 4.69) is 20.8 Å². The highest BCUT2D eigenvalue weighted by Crippen LogP contribution is 2.35. The van der Waals surface area contributed by atoms with Gasteiger partial charge in [0.05, 0.1) is 7.11 Å². The number of nitrogens with two attached hydrogens (primary N) is 1. The summed E-state index contributed by atoms with van der Waals surface area (Å²) in [6.07, 6.45) is 0. The van der Waals surface area contributed by atoms with Gasteiger partial charge in [0.2, 0.25) is 0 Å². The van der Waals surface area contributed by atoms with Crippen LogP contribution in [0.5, 0.6) is 5.75 Å². The summed E-state index contributed by atoms with van der Waals surface area (Å²) < 4.78 is 18.3. The minimum atomic E-state index is -0.415. The summed E-state index contributed by atoms with van der Waals surface area (Å²) >= 11 is 1.64. The Morgan fingerprint density at radius 1 is 1.31 bits per heavy atom. The van der Waals surface area contributed by atoms with E-state index >= 15 is 0 Å². The minimum absolute atomic E-state index is 0.243. The molecule has 0 saturated heterocycles. The van der Waals surface area contributed by atoms with Crippen LogP contribution in [0.25, 0.3) is 0 Å². The topological polar surface area (TPSA) is 35.2 Å². The Balaban J connectivity index is 2.96. The third-order valence-corrected chi connectivity index (χ3v) is 4.06. The number of rotatable bonds is 4. The molecular formula is C12H18FNOS. The zero-order valence-electron chi connectivity index (χ0n) is 10.1. The Morgan fingerprint density at radius 2 is 1.94 bits per heavy atom. The van der Waals surface area contributed by atoms with E-state index in [0.29, 0.717) is 16.9 Å². The quantitative estimate of drug-likeness (QED) is 0.648. The van der Waals surface area contributed by atoms with Crippen molar-refractivity contribution < 1.29 is 9.13 Å². The first kappa shape index (κ1) is 13.2. The first-order chi connectivity index (χ1) is 7.45. The first-order valence-corrected chi connectivity index (χ1v) is 6.13. The van der Waals surface area contributed by atoms with E-state index in [1.165, 1.54) is 13.2 Å². The lowest BCUT2D eigenvalue weighted by Gasteiger charge is -2.17. The van der Waals surface area contributed by atoms with Crippen molar-refractivity contribution in [1.82, 2.24) is 0 Å². The fraction of sp³-hybridized carbons (Fsp3) is 0.500. The Kier molecular flexibility index (Phi) is 4.47. The molecule has 2 N–H and O–H groups in total.